The van der Waals surface area contributed by atoms with Crippen molar-refractivity contribution in [2.75, 3.05) is 13.2 Å². The number of para-hydroxylation sites is 2. The molecule has 0 fully saturated rings. The maximum absolute atomic E-state index is 12.3. The topological polar surface area (TPSA) is 56.2 Å². The van der Waals surface area contributed by atoms with Crippen LogP contribution in [0.2, 0.25) is 10.0 Å². The van der Waals surface area contributed by atoms with Crippen molar-refractivity contribution in [2.45, 2.75) is 32.2 Å². The van der Waals surface area contributed by atoms with Crippen LogP contribution in [0.15, 0.2) is 72.8 Å². The Morgan fingerprint density at radius 3 is 2.50 bits per heavy atom. The van der Waals surface area contributed by atoms with Gasteiger partial charge in [0.1, 0.15) is 18.2 Å². The predicted octanol–water partition coefficient (Wildman–Crippen LogP) is 6.56. The van der Waals surface area contributed by atoms with Crippen molar-refractivity contribution >= 4 is 40.1 Å². The van der Waals surface area contributed by atoms with Gasteiger partial charge < -0.3 is 14.6 Å². The second kappa shape index (κ2) is 11.9. The average Bonchev–Trinajstić information content (AvgIpc) is 3.20. The minimum absolute atomic E-state index is 0.131. The van der Waals surface area contributed by atoms with Crippen molar-refractivity contribution in [3.63, 3.8) is 0 Å². The number of carbonyl (C=O) groups excluding carboxylic acids is 1. The lowest BCUT2D eigenvalue weighted by molar-refractivity contribution is 0.0953. The van der Waals surface area contributed by atoms with Gasteiger partial charge >= 0.3 is 0 Å². The Kier molecular flexibility index (Phi) is 8.45. The van der Waals surface area contributed by atoms with Gasteiger partial charge in [-0.15, -0.1) is 0 Å². The van der Waals surface area contributed by atoms with E-state index in [4.69, 9.17) is 32.9 Å². The molecule has 0 radical (unpaired) electrons. The fourth-order valence-electron chi connectivity index (χ4n) is 3.88. The van der Waals surface area contributed by atoms with Gasteiger partial charge in [-0.3, -0.25) is 4.79 Å². The number of nitrogens with zero attached hydrogens (tertiary/aromatic N) is 2. The zero-order valence-electron chi connectivity index (χ0n) is 18.8. The van der Waals surface area contributed by atoms with Crippen molar-refractivity contribution in [1.82, 2.24) is 14.9 Å². The first-order valence-electron chi connectivity index (χ1n) is 11.5. The van der Waals surface area contributed by atoms with Crippen molar-refractivity contribution in [3.8, 4) is 5.75 Å². The minimum atomic E-state index is -0.131. The smallest absolute Gasteiger partial charge is 0.252 e. The van der Waals surface area contributed by atoms with Crippen LogP contribution in [0.3, 0.4) is 0 Å². The average molecular weight is 496 g/mol. The number of amides is 1. The molecule has 3 aromatic carbocycles. The summed E-state index contributed by atoms with van der Waals surface area (Å²) in [4.78, 5) is 17.1. The minimum Gasteiger partial charge on any atom is -0.492 e. The summed E-state index contributed by atoms with van der Waals surface area (Å²) in [7, 11) is 0. The van der Waals surface area contributed by atoms with Crippen LogP contribution in [0.25, 0.3) is 11.0 Å². The summed E-state index contributed by atoms with van der Waals surface area (Å²) in [5.41, 5.74) is 2.62. The number of aromatic nitrogens is 2. The SMILES string of the molecule is O=C(NCCCCCc1nc2ccccc2n1CCOc1ccc(Cl)cc1)c1ccccc1Cl. The lowest BCUT2D eigenvalue weighted by Gasteiger charge is -2.11. The highest BCUT2D eigenvalue weighted by Crippen LogP contribution is 2.19. The molecule has 0 aliphatic rings. The molecule has 5 nitrogen and oxygen atoms in total. The number of unbranched alkanes of at least 4 members (excludes halogenated alkanes) is 2. The molecule has 7 heteroatoms. The van der Waals surface area contributed by atoms with E-state index in [0.29, 0.717) is 35.3 Å². The molecule has 0 unspecified atom stereocenters. The first kappa shape index (κ1) is 24.1. The van der Waals surface area contributed by atoms with Gasteiger partial charge in [0.05, 0.1) is 28.2 Å². The zero-order valence-corrected chi connectivity index (χ0v) is 20.4. The Bertz CT molecular complexity index is 1240. The molecule has 0 atom stereocenters. The number of nitrogens with one attached hydrogen (secondary N) is 1. The molecular formula is C27H27Cl2N3O2. The van der Waals surface area contributed by atoms with Gasteiger partial charge in [-0.2, -0.15) is 0 Å². The van der Waals surface area contributed by atoms with Gasteiger partial charge in [0.15, 0.2) is 0 Å². The van der Waals surface area contributed by atoms with E-state index in [0.717, 1.165) is 48.3 Å². The number of hydrogen-bond acceptors (Lipinski definition) is 3. The van der Waals surface area contributed by atoms with Gasteiger partial charge in [0, 0.05) is 18.0 Å². The summed E-state index contributed by atoms with van der Waals surface area (Å²) in [5, 5.41) is 4.11. The third-order valence-electron chi connectivity index (χ3n) is 5.61. The molecule has 0 bridgehead atoms. The molecule has 0 saturated carbocycles. The zero-order chi connectivity index (χ0) is 23.8. The Balaban J connectivity index is 1.27. The third kappa shape index (κ3) is 6.31. The number of fused-ring (bicyclic) bond motifs is 1. The lowest BCUT2D eigenvalue weighted by Crippen LogP contribution is -2.24. The Morgan fingerprint density at radius 2 is 1.68 bits per heavy atom. The van der Waals surface area contributed by atoms with Crippen molar-refractivity contribution < 1.29 is 9.53 Å². The monoisotopic (exact) mass is 495 g/mol. The van der Waals surface area contributed by atoms with Crippen molar-refractivity contribution in [3.05, 3.63) is 94.2 Å². The number of halogens is 2. The lowest BCUT2D eigenvalue weighted by atomic mass is 10.1. The molecule has 0 aliphatic heterocycles. The molecule has 0 aliphatic carbocycles. The molecular weight excluding hydrogens is 469 g/mol. The van der Waals surface area contributed by atoms with Gasteiger partial charge in [0.2, 0.25) is 0 Å². The number of aryl methyl sites for hydroxylation is 1. The van der Waals surface area contributed by atoms with Crippen LogP contribution < -0.4 is 10.1 Å². The van der Waals surface area contributed by atoms with E-state index >= 15 is 0 Å². The fraction of sp³-hybridized carbons (Fsp3) is 0.259. The molecule has 0 saturated heterocycles. The molecule has 4 rings (SSSR count). The highest BCUT2D eigenvalue weighted by atomic mass is 35.5. The first-order chi connectivity index (χ1) is 16.6. The fourth-order valence-corrected chi connectivity index (χ4v) is 4.23. The quantitative estimate of drug-likeness (QED) is 0.239. The molecule has 4 aromatic rings. The molecule has 176 valence electrons. The molecule has 1 heterocycles. The van der Waals surface area contributed by atoms with Crippen molar-refractivity contribution in [1.29, 1.82) is 0 Å². The van der Waals surface area contributed by atoms with Gasteiger partial charge in [0.25, 0.3) is 5.91 Å². The van der Waals surface area contributed by atoms with Crippen LogP contribution in [0, 0.1) is 0 Å². The number of imidazole rings is 1. The summed E-state index contributed by atoms with van der Waals surface area (Å²) >= 11 is 12.0. The van der Waals surface area contributed by atoms with Crippen LogP contribution in [-0.4, -0.2) is 28.6 Å². The molecule has 1 N–H and O–H groups in total. The van der Waals surface area contributed by atoms with Crippen LogP contribution in [0.4, 0.5) is 0 Å². The van der Waals surface area contributed by atoms with Gasteiger partial charge in [-0.25, -0.2) is 4.98 Å². The normalized spacial score (nSPS) is 11.0. The molecule has 0 spiro atoms. The van der Waals surface area contributed by atoms with Crippen LogP contribution >= 0.6 is 23.2 Å². The number of ether oxygens (including phenoxy) is 1. The number of rotatable bonds is 11. The molecule has 1 amide bonds. The first-order valence-corrected chi connectivity index (χ1v) is 12.2. The molecule has 34 heavy (non-hydrogen) atoms. The van der Waals surface area contributed by atoms with Crippen LogP contribution in [-0.2, 0) is 13.0 Å². The highest BCUT2D eigenvalue weighted by molar-refractivity contribution is 6.33. The predicted molar refractivity (Wildman–Crippen MR) is 138 cm³/mol. The van der Waals surface area contributed by atoms with Crippen LogP contribution in [0.1, 0.15) is 35.4 Å². The van der Waals surface area contributed by atoms with E-state index in [1.807, 2.05) is 54.6 Å². The summed E-state index contributed by atoms with van der Waals surface area (Å²) in [6.07, 6.45) is 3.75. The van der Waals surface area contributed by atoms with Gasteiger partial charge in [-0.1, -0.05) is 53.9 Å². The largest absolute Gasteiger partial charge is 0.492 e. The second-order valence-corrected chi connectivity index (χ2v) is 8.86. The van der Waals surface area contributed by atoms with E-state index in [2.05, 4.69) is 16.0 Å². The van der Waals surface area contributed by atoms with Crippen LogP contribution in [0.5, 0.6) is 5.75 Å². The summed E-state index contributed by atoms with van der Waals surface area (Å²) in [6.45, 7) is 1.88. The number of hydrogen-bond donors (Lipinski definition) is 1. The van der Waals surface area contributed by atoms with E-state index in [-0.39, 0.29) is 5.91 Å². The maximum atomic E-state index is 12.3. The Labute approximate surface area is 209 Å². The third-order valence-corrected chi connectivity index (χ3v) is 6.19. The van der Waals surface area contributed by atoms with E-state index in [9.17, 15) is 4.79 Å². The summed E-state index contributed by atoms with van der Waals surface area (Å²) in [6, 6.07) is 22.7. The van der Waals surface area contributed by atoms with E-state index in [1.165, 1.54) is 0 Å². The van der Waals surface area contributed by atoms with Gasteiger partial charge in [-0.05, 0) is 61.4 Å². The molecule has 1 aromatic heterocycles. The number of benzene rings is 3. The second-order valence-electron chi connectivity index (χ2n) is 8.02. The van der Waals surface area contributed by atoms with E-state index < -0.39 is 0 Å². The highest BCUT2D eigenvalue weighted by Gasteiger charge is 2.11. The standard InChI is InChI=1S/C27H27Cl2N3O2/c28-20-13-15-21(16-14-20)34-19-18-32-25-11-6-5-10-24(25)31-26(32)12-2-1-7-17-30-27(33)22-8-3-4-9-23(22)29/h3-6,8-11,13-16H,1-2,7,12,17-19H2,(H,30,33). The summed E-state index contributed by atoms with van der Waals surface area (Å²) < 4.78 is 8.15. The number of carbonyl (C=O) groups is 1. The Hall–Kier alpha value is -3.02. The maximum Gasteiger partial charge on any atom is 0.252 e. The van der Waals surface area contributed by atoms with Crippen molar-refractivity contribution in [2.24, 2.45) is 0 Å². The Morgan fingerprint density at radius 1 is 0.912 bits per heavy atom. The van der Waals surface area contributed by atoms with E-state index in [1.54, 1.807) is 12.1 Å². The summed E-state index contributed by atoms with van der Waals surface area (Å²) in [5.74, 6) is 1.73.